The molecule has 4 nitrogen and oxygen atoms in total. The summed E-state index contributed by atoms with van der Waals surface area (Å²) < 4.78 is 5.26. The molecule has 18 heavy (non-hydrogen) atoms. The van der Waals surface area contributed by atoms with Crippen molar-refractivity contribution in [3.05, 3.63) is 18.1 Å². The zero-order chi connectivity index (χ0) is 13.2. The van der Waals surface area contributed by atoms with E-state index in [0.717, 1.165) is 19.3 Å². The summed E-state index contributed by atoms with van der Waals surface area (Å²) in [6, 6.07) is 0. The number of rotatable bonds is 3. The number of hydrogen-bond donors (Lipinski definition) is 1. The molecule has 0 bridgehead atoms. The van der Waals surface area contributed by atoms with Gasteiger partial charge in [0.2, 0.25) is 5.88 Å². The number of hydrogen-bond acceptors (Lipinski definition) is 4. The van der Waals surface area contributed by atoms with Crippen molar-refractivity contribution in [3.63, 3.8) is 0 Å². The van der Waals surface area contributed by atoms with E-state index in [1.807, 2.05) is 0 Å². The van der Waals surface area contributed by atoms with Crippen molar-refractivity contribution in [1.82, 2.24) is 9.97 Å². The molecule has 0 amide bonds. The van der Waals surface area contributed by atoms with E-state index >= 15 is 0 Å². The molecule has 2 rings (SSSR count). The van der Waals surface area contributed by atoms with Crippen molar-refractivity contribution in [2.75, 3.05) is 7.11 Å². The predicted octanol–water partition coefficient (Wildman–Crippen LogP) is 2.52. The maximum atomic E-state index is 11.1. The van der Waals surface area contributed by atoms with Crippen molar-refractivity contribution in [3.8, 4) is 5.88 Å². The summed E-state index contributed by atoms with van der Waals surface area (Å²) in [6.45, 7) is 4.31. The molecule has 1 N–H and O–H groups in total. The van der Waals surface area contributed by atoms with Crippen LogP contribution in [0.15, 0.2) is 12.4 Å². The molecular formula is C14H22N2O2. The molecule has 1 heterocycles. The average molecular weight is 250 g/mol. The Morgan fingerprint density at radius 2 is 2.06 bits per heavy atom. The minimum Gasteiger partial charge on any atom is -0.480 e. The van der Waals surface area contributed by atoms with Gasteiger partial charge in [-0.15, -0.1) is 0 Å². The number of aromatic nitrogens is 2. The van der Waals surface area contributed by atoms with Gasteiger partial charge in [-0.3, -0.25) is 4.98 Å². The van der Waals surface area contributed by atoms with E-state index in [0.29, 0.717) is 17.5 Å². The van der Waals surface area contributed by atoms with Crippen LogP contribution < -0.4 is 4.74 Å². The van der Waals surface area contributed by atoms with Crippen LogP contribution in [0.3, 0.4) is 0 Å². The Bertz CT molecular complexity index is 409. The Hall–Kier alpha value is -1.16. The molecule has 2 atom stereocenters. The van der Waals surface area contributed by atoms with Crippen LogP contribution in [0.4, 0.5) is 0 Å². The van der Waals surface area contributed by atoms with E-state index in [4.69, 9.17) is 4.74 Å². The van der Waals surface area contributed by atoms with Gasteiger partial charge >= 0.3 is 0 Å². The van der Waals surface area contributed by atoms with Crippen LogP contribution in [-0.2, 0) is 5.60 Å². The van der Waals surface area contributed by atoms with Crippen LogP contribution in [0.25, 0.3) is 0 Å². The quantitative estimate of drug-likeness (QED) is 0.895. The van der Waals surface area contributed by atoms with Crippen molar-refractivity contribution in [1.29, 1.82) is 0 Å². The third kappa shape index (κ3) is 2.21. The van der Waals surface area contributed by atoms with Crippen molar-refractivity contribution in [2.45, 2.75) is 45.1 Å². The highest BCUT2D eigenvalue weighted by atomic mass is 16.5. The topological polar surface area (TPSA) is 55.2 Å². The molecule has 1 aliphatic carbocycles. The molecule has 1 saturated carbocycles. The SMILES string of the molecule is COc1nccnc1C1(O)CCCCC1C(C)C. The Labute approximate surface area is 108 Å². The van der Waals surface area contributed by atoms with E-state index in [9.17, 15) is 5.11 Å². The highest BCUT2D eigenvalue weighted by Crippen LogP contribution is 2.46. The molecule has 0 aliphatic heterocycles. The minimum atomic E-state index is -0.897. The van der Waals surface area contributed by atoms with Crippen LogP contribution in [0.5, 0.6) is 5.88 Å². The van der Waals surface area contributed by atoms with Gasteiger partial charge in [0.05, 0.1) is 7.11 Å². The molecule has 2 unspecified atom stereocenters. The fourth-order valence-electron chi connectivity index (χ4n) is 3.13. The Kier molecular flexibility index (Phi) is 3.85. The summed E-state index contributed by atoms with van der Waals surface area (Å²) in [6.07, 6.45) is 7.20. The molecule has 0 aromatic carbocycles. The molecule has 1 fully saturated rings. The van der Waals surface area contributed by atoms with Gasteiger partial charge in [0.1, 0.15) is 11.3 Å². The number of nitrogens with zero attached hydrogens (tertiary/aromatic N) is 2. The first-order chi connectivity index (χ1) is 8.59. The van der Waals surface area contributed by atoms with E-state index in [-0.39, 0.29) is 5.92 Å². The smallest absolute Gasteiger partial charge is 0.238 e. The van der Waals surface area contributed by atoms with Crippen molar-refractivity contribution < 1.29 is 9.84 Å². The second kappa shape index (κ2) is 5.22. The highest BCUT2D eigenvalue weighted by Gasteiger charge is 2.45. The second-order valence-electron chi connectivity index (χ2n) is 5.43. The van der Waals surface area contributed by atoms with E-state index in [2.05, 4.69) is 23.8 Å². The Morgan fingerprint density at radius 1 is 1.33 bits per heavy atom. The monoisotopic (exact) mass is 250 g/mol. The summed E-state index contributed by atoms with van der Waals surface area (Å²) >= 11 is 0. The van der Waals surface area contributed by atoms with Gasteiger partial charge in [-0.25, -0.2) is 4.98 Å². The first-order valence-electron chi connectivity index (χ1n) is 6.67. The molecule has 0 saturated heterocycles. The lowest BCUT2D eigenvalue weighted by Crippen LogP contribution is -2.41. The molecule has 0 spiro atoms. The number of aliphatic hydroxyl groups is 1. The molecule has 4 heteroatoms. The summed E-state index contributed by atoms with van der Waals surface area (Å²) in [5.74, 6) is 1.09. The van der Waals surface area contributed by atoms with Crippen molar-refractivity contribution >= 4 is 0 Å². The third-order valence-electron chi connectivity index (χ3n) is 4.01. The minimum absolute atomic E-state index is 0.219. The van der Waals surface area contributed by atoms with Crippen molar-refractivity contribution in [2.24, 2.45) is 11.8 Å². The van der Waals surface area contributed by atoms with Gasteiger partial charge in [0.25, 0.3) is 0 Å². The van der Waals surface area contributed by atoms with Crippen LogP contribution in [0.1, 0.15) is 45.2 Å². The summed E-state index contributed by atoms with van der Waals surface area (Å²) in [5.41, 5.74) is -0.294. The molecule has 100 valence electrons. The lowest BCUT2D eigenvalue weighted by atomic mass is 9.68. The maximum Gasteiger partial charge on any atom is 0.238 e. The predicted molar refractivity (Wildman–Crippen MR) is 69.3 cm³/mol. The molecule has 1 aliphatic rings. The standard InChI is InChI=1S/C14H22N2O2/c1-10(2)11-6-4-5-7-14(11,17)12-13(18-3)16-9-8-15-12/h8-11,17H,4-7H2,1-3H3. The first-order valence-corrected chi connectivity index (χ1v) is 6.67. The van der Waals surface area contributed by atoms with Crippen LogP contribution in [0.2, 0.25) is 0 Å². The number of methoxy groups -OCH3 is 1. The van der Waals surface area contributed by atoms with E-state index in [1.165, 1.54) is 6.42 Å². The number of ether oxygens (including phenoxy) is 1. The fraction of sp³-hybridized carbons (Fsp3) is 0.714. The molecule has 1 aromatic rings. The fourth-order valence-corrected chi connectivity index (χ4v) is 3.13. The van der Waals surface area contributed by atoms with E-state index < -0.39 is 5.60 Å². The molecule has 1 aromatic heterocycles. The molecule has 0 radical (unpaired) electrons. The van der Waals surface area contributed by atoms with Crippen LogP contribution in [-0.4, -0.2) is 22.2 Å². The highest BCUT2D eigenvalue weighted by molar-refractivity contribution is 5.26. The summed E-state index contributed by atoms with van der Waals surface area (Å²) in [4.78, 5) is 8.51. The maximum absolute atomic E-state index is 11.1. The van der Waals surface area contributed by atoms with E-state index in [1.54, 1.807) is 19.5 Å². The first kappa shape index (κ1) is 13.3. The second-order valence-corrected chi connectivity index (χ2v) is 5.43. The van der Waals surface area contributed by atoms with Gasteiger partial charge in [-0.05, 0) is 24.7 Å². The summed E-state index contributed by atoms with van der Waals surface area (Å²) in [5, 5.41) is 11.1. The van der Waals surface area contributed by atoms with Gasteiger partial charge in [0, 0.05) is 12.4 Å². The lowest BCUT2D eigenvalue weighted by molar-refractivity contribution is -0.0772. The van der Waals surface area contributed by atoms with Gasteiger partial charge < -0.3 is 9.84 Å². The van der Waals surface area contributed by atoms with Crippen LogP contribution >= 0.6 is 0 Å². The Morgan fingerprint density at radius 3 is 2.72 bits per heavy atom. The normalized spacial score (nSPS) is 28.4. The lowest BCUT2D eigenvalue weighted by Gasteiger charge is -2.41. The average Bonchev–Trinajstić information content (AvgIpc) is 2.38. The zero-order valence-corrected chi connectivity index (χ0v) is 11.4. The zero-order valence-electron chi connectivity index (χ0n) is 11.4. The largest absolute Gasteiger partial charge is 0.480 e. The molecular weight excluding hydrogens is 228 g/mol. The van der Waals surface area contributed by atoms with Gasteiger partial charge in [0.15, 0.2) is 0 Å². The summed E-state index contributed by atoms with van der Waals surface area (Å²) in [7, 11) is 1.57. The van der Waals surface area contributed by atoms with Gasteiger partial charge in [-0.1, -0.05) is 26.7 Å². The third-order valence-corrected chi connectivity index (χ3v) is 4.01. The Balaban J connectivity index is 2.43. The van der Waals surface area contributed by atoms with Crippen LogP contribution in [0, 0.1) is 11.8 Å². The van der Waals surface area contributed by atoms with Gasteiger partial charge in [-0.2, -0.15) is 0 Å².